The van der Waals surface area contributed by atoms with Gasteiger partial charge in [0.25, 0.3) is 0 Å². The summed E-state index contributed by atoms with van der Waals surface area (Å²) in [4.78, 5) is 6.72. The normalized spacial score (nSPS) is 21.5. The summed E-state index contributed by atoms with van der Waals surface area (Å²) in [5.41, 5.74) is 0.390. The molecule has 2 nitrogen and oxygen atoms in total. The number of nitrogens with zero attached hydrogens (tertiary/aromatic N) is 2. The van der Waals surface area contributed by atoms with Crippen molar-refractivity contribution < 1.29 is 0 Å². The minimum absolute atomic E-state index is 0.390. The van der Waals surface area contributed by atoms with Crippen LogP contribution < -0.4 is 4.90 Å². The van der Waals surface area contributed by atoms with Crippen molar-refractivity contribution in [2.45, 2.75) is 27.2 Å². The predicted octanol–water partition coefficient (Wildman–Crippen LogP) is 3.61. The van der Waals surface area contributed by atoms with Gasteiger partial charge in [-0.05, 0) is 29.9 Å². The minimum Gasteiger partial charge on any atom is -0.356 e. The summed E-state index contributed by atoms with van der Waals surface area (Å²) in [6.07, 6.45) is 2.98. The summed E-state index contributed by atoms with van der Waals surface area (Å²) in [7, 11) is 0. The molecule has 1 saturated heterocycles. The van der Waals surface area contributed by atoms with Crippen LogP contribution in [0.15, 0.2) is 18.3 Å². The lowest BCUT2D eigenvalue weighted by atomic mass is 9.80. The van der Waals surface area contributed by atoms with Gasteiger partial charge in [0, 0.05) is 19.3 Å². The molecule has 3 heteroatoms. The Hall–Kier alpha value is -0.760. The monoisotopic (exact) mass is 238 g/mol. The molecule has 2 heterocycles. The number of pyridine rings is 1. The van der Waals surface area contributed by atoms with E-state index in [4.69, 9.17) is 11.6 Å². The first-order valence-electron chi connectivity index (χ1n) is 5.83. The molecule has 0 N–H and O–H groups in total. The third kappa shape index (κ3) is 2.49. The van der Waals surface area contributed by atoms with Gasteiger partial charge in [-0.2, -0.15) is 0 Å². The molecule has 0 bridgehead atoms. The molecule has 1 unspecified atom stereocenters. The quantitative estimate of drug-likeness (QED) is 0.743. The third-order valence-corrected chi connectivity index (χ3v) is 3.67. The average Bonchev–Trinajstić information content (AvgIpc) is 2.67. The number of hydrogen-bond donors (Lipinski definition) is 0. The van der Waals surface area contributed by atoms with Crippen molar-refractivity contribution in [3.63, 3.8) is 0 Å². The molecular formula is C13H19ClN2. The molecular weight excluding hydrogens is 220 g/mol. The van der Waals surface area contributed by atoms with Crippen molar-refractivity contribution in [3.05, 3.63) is 23.4 Å². The number of halogens is 1. The maximum absolute atomic E-state index is 5.84. The van der Waals surface area contributed by atoms with E-state index in [-0.39, 0.29) is 0 Å². The molecule has 1 aromatic heterocycles. The fourth-order valence-electron chi connectivity index (χ4n) is 2.23. The molecule has 0 saturated carbocycles. The second-order valence-corrected chi connectivity index (χ2v) is 6.07. The molecule has 0 amide bonds. The summed E-state index contributed by atoms with van der Waals surface area (Å²) in [5.74, 6) is 1.81. The van der Waals surface area contributed by atoms with Crippen LogP contribution in [0.3, 0.4) is 0 Å². The van der Waals surface area contributed by atoms with Crippen LogP contribution in [-0.4, -0.2) is 18.1 Å². The summed E-state index contributed by atoms with van der Waals surface area (Å²) in [6, 6.07) is 3.92. The van der Waals surface area contributed by atoms with Gasteiger partial charge in [0.15, 0.2) is 0 Å². The second-order valence-electron chi connectivity index (χ2n) is 5.63. The van der Waals surface area contributed by atoms with E-state index in [0.717, 1.165) is 24.8 Å². The van der Waals surface area contributed by atoms with Crippen molar-refractivity contribution in [1.29, 1.82) is 0 Å². The fourth-order valence-corrected chi connectivity index (χ4v) is 2.34. The van der Waals surface area contributed by atoms with Crippen LogP contribution in [0.5, 0.6) is 0 Å². The fraction of sp³-hybridized carbons (Fsp3) is 0.615. The number of aromatic nitrogens is 1. The third-order valence-electron chi connectivity index (χ3n) is 3.45. The van der Waals surface area contributed by atoms with Crippen molar-refractivity contribution in [2.24, 2.45) is 11.3 Å². The van der Waals surface area contributed by atoms with Gasteiger partial charge < -0.3 is 4.90 Å². The summed E-state index contributed by atoms with van der Waals surface area (Å²) in [6.45, 7) is 9.16. The maximum Gasteiger partial charge on any atom is 0.128 e. The largest absolute Gasteiger partial charge is 0.356 e. The summed E-state index contributed by atoms with van der Waals surface area (Å²) >= 11 is 5.84. The number of hydrogen-bond acceptors (Lipinski definition) is 2. The zero-order chi connectivity index (χ0) is 11.8. The summed E-state index contributed by atoms with van der Waals surface area (Å²) < 4.78 is 0. The highest BCUT2D eigenvalue weighted by Crippen LogP contribution is 2.35. The smallest absolute Gasteiger partial charge is 0.128 e. The van der Waals surface area contributed by atoms with Gasteiger partial charge in [0.2, 0.25) is 0 Å². The average molecular weight is 239 g/mol. The molecule has 1 aliphatic heterocycles. The Balaban J connectivity index is 2.06. The van der Waals surface area contributed by atoms with E-state index in [1.165, 1.54) is 6.42 Å². The van der Waals surface area contributed by atoms with Gasteiger partial charge in [-0.15, -0.1) is 0 Å². The van der Waals surface area contributed by atoms with Crippen LogP contribution in [-0.2, 0) is 0 Å². The molecule has 1 atom stereocenters. The van der Waals surface area contributed by atoms with Crippen molar-refractivity contribution in [3.8, 4) is 0 Å². The SMILES string of the molecule is CC(C)(C)C1CCN(c2ccc(Cl)cn2)C1. The number of rotatable bonds is 1. The molecule has 16 heavy (non-hydrogen) atoms. The van der Waals surface area contributed by atoms with Gasteiger partial charge in [-0.3, -0.25) is 0 Å². The van der Waals surface area contributed by atoms with Crippen LogP contribution in [0.4, 0.5) is 5.82 Å². The Bertz CT molecular complexity index is 353. The lowest BCUT2D eigenvalue weighted by Crippen LogP contribution is -2.26. The molecule has 0 aromatic carbocycles. The van der Waals surface area contributed by atoms with Gasteiger partial charge in [-0.25, -0.2) is 4.98 Å². The Morgan fingerprint density at radius 2 is 2.12 bits per heavy atom. The molecule has 1 aromatic rings. The molecule has 1 fully saturated rings. The zero-order valence-corrected chi connectivity index (χ0v) is 11.0. The van der Waals surface area contributed by atoms with Crippen molar-refractivity contribution in [2.75, 3.05) is 18.0 Å². The van der Waals surface area contributed by atoms with Crippen LogP contribution in [0.2, 0.25) is 5.02 Å². The highest BCUT2D eigenvalue weighted by Gasteiger charge is 2.32. The topological polar surface area (TPSA) is 16.1 Å². The lowest BCUT2D eigenvalue weighted by Gasteiger charge is -2.27. The molecule has 0 aliphatic carbocycles. The first kappa shape index (κ1) is 11.7. The highest BCUT2D eigenvalue weighted by molar-refractivity contribution is 6.30. The molecule has 2 rings (SSSR count). The highest BCUT2D eigenvalue weighted by atomic mass is 35.5. The molecule has 1 aliphatic rings. The van der Waals surface area contributed by atoms with E-state index in [1.54, 1.807) is 6.20 Å². The van der Waals surface area contributed by atoms with Gasteiger partial charge in [0.1, 0.15) is 5.82 Å². The van der Waals surface area contributed by atoms with E-state index in [2.05, 4.69) is 30.7 Å². The summed E-state index contributed by atoms with van der Waals surface area (Å²) in [5, 5.41) is 0.704. The van der Waals surface area contributed by atoms with E-state index in [9.17, 15) is 0 Å². The lowest BCUT2D eigenvalue weighted by molar-refractivity contribution is 0.263. The van der Waals surface area contributed by atoms with Crippen molar-refractivity contribution in [1.82, 2.24) is 4.98 Å². The Morgan fingerprint density at radius 3 is 2.62 bits per heavy atom. The Morgan fingerprint density at radius 1 is 1.38 bits per heavy atom. The van der Waals surface area contributed by atoms with Gasteiger partial charge >= 0.3 is 0 Å². The van der Waals surface area contributed by atoms with Crippen LogP contribution in [0.1, 0.15) is 27.2 Å². The Kier molecular flexibility index (Phi) is 3.11. The van der Waals surface area contributed by atoms with Gasteiger partial charge in [0.05, 0.1) is 5.02 Å². The van der Waals surface area contributed by atoms with E-state index >= 15 is 0 Å². The van der Waals surface area contributed by atoms with E-state index < -0.39 is 0 Å². The first-order valence-corrected chi connectivity index (χ1v) is 6.21. The zero-order valence-electron chi connectivity index (χ0n) is 10.2. The molecule has 0 radical (unpaired) electrons. The van der Waals surface area contributed by atoms with E-state index in [0.29, 0.717) is 10.4 Å². The van der Waals surface area contributed by atoms with Crippen LogP contribution >= 0.6 is 11.6 Å². The first-order chi connectivity index (χ1) is 7.47. The van der Waals surface area contributed by atoms with Crippen molar-refractivity contribution >= 4 is 17.4 Å². The molecule has 88 valence electrons. The second kappa shape index (κ2) is 4.25. The van der Waals surface area contributed by atoms with Crippen LogP contribution in [0, 0.1) is 11.3 Å². The van der Waals surface area contributed by atoms with E-state index in [1.807, 2.05) is 12.1 Å². The predicted molar refractivity (Wildman–Crippen MR) is 69.0 cm³/mol. The molecule has 0 spiro atoms. The Labute approximate surface area is 103 Å². The van der Waals surface area contributed by atoms with Gasteiger partial charge in [-0.1, -0.05) is 32.4 Å². The standard InChI is InChI=1S/C13H19ClN2/c1-13(2,3)10-6-7-16(9-10)12-5-4-11(14)8-15-12/h4-5,8,10H,6-7,9H2,1-3H3. The number of anilines is 1. The maximum atomic E-state index is 5.84. The van der Waals surface area contributed by atoms with Crippen LogP contribution in [0.25, 0.3) is 0 Å². The minimum atomic E-state index is 0.390.